The largest absolute Gasteiger partial charge is 0.467 e. The predicted molar refractivity (Wildman–Crippen MR) is 94.6 cm³/mol. The second-order valence-electron chi connectivity index (χ2n) is 7.83. The molecular weight excluding hydrogens is 354 g/mol. The molecule has 0 aromatic carbocycles. The Kier molecular flexibility index (Phi) is 6.02. The summed E-state index contributed by atoms with van der Waals surface area (Å²) in [7, 11) is 3.32. The van der Waals surface area contributed by atoms with Gasteiger partial charge in [0.25, 0.3) is 11.8 Å². The van der Waals surface area contributed by atoms with Gasteiger partial charge >= 0.3 is 5.97 Å². The van der Waals surface area contributed by atoms with Gasteiger partial charge in [0.15, 0.2) is 18.5 Å². The molecule has 0 aliphatic carbocycles. The molecule has 9 heteroatoms. The molecule has 0 N–H and O–H groups in total. The smallest absolute Gasteiger partial charge is 0.328 e. The molecule has 0 radical (unpaired) electrons. The van der Waals surface area contributed by atoms with Crippen molar-refractivity contribution >= 4 is 17.8 Å². The van der Waals surface area contributed by atoms with Crippen molar-refractivity contribution in [2.75, 3.05) is 46.9 Å². The quantitative estimate of drug-likeness (QED) is 0.580. The highest BCUT2D eigenvalue weighted by atomic mass is 16.7. The summed E-state index contributed by atoms with van der Waals surface area (Å²) in [5.41, 5.74) is 0. The van der Waals surface area contributed by atoms with E-state index in [-0.39, 0.29) is 24.3 Å². The third-order valence-corrected chi connectivity index (χ3v) is 5.35. The fourth-order valence-electron chi connectivity index (χ4n) is 3.80. The van der Waals surface area contributed by atoms with Gasteiger partial charge in [0, 0.05) is 26.2 Å². The van der Waals surface area contributed by atoms with Gasteiger partial charge in [-0.3, -0.25) is 9.59 Å². The zero-order valence-electron chi connectivity index (χ0n) is 16.4. The highest BCUT2D eigenvalue weighted by Gasteiger charge is 2.54. The summed E-state index contributed by atoms with van der Waals surface area (Å²) in [5.74, 6) is -0.858. The number of rotatable bonds is 5. The topological polar surface area (TPSA) is 88.6 Å². The SMILES string of the molecule is COC(=O)[C@H](CC(C)C)N1C[C@@H]2O[C@H](C1=O)[C@H](C(=O)N1CCN(C)CC1)O2. The van der Waals surface area contributed by atoms with Gasteiger partial charge < -0.3 is 28.9 Å². The number of esters is 1. The molecule has 2 bridgehead atoms. The number of nitrogens with zero attached hydrogens (tertiary/aromatic N) is 3. The number of hydrogen-bond donors (Lipinski definition) is 0. The Morgan fingerprint density at radius 1 is 1.19 bits per heavy atom. The first-order valence-corrected chi connectivity index (χ1v) is 9.48. The Morgan fingerprint density at radius 3 is 2.44 bits per heavy atom. The van der Waals surface area contributed by atoms with Gasteiger partial charge in [0.2, 0.25) is 0 Å². The maximum absolute atomic E-state index is 13.0. The summed E-state index contributed by atoms with van der Waals surface area (Å²) < 4.78 is 16.3. The van der Waals surface area contributed by atoms with Crippen LogP contribution in [0.1, 0.15) is 20.3 Å². The van der Waals surface area contributed by atoms with E-state index in [0.717, 1.165) is 13.1 Å². The zero-order chi connectivity index (χ0) is 19.7. The van der Waals surface area contributed by atoms with Crippen LogP contribution in [0.2, 0.25) is 0 Å². The van der Waals surface area contributed by atoms with Crippen LogP contribution >= 0.6 is 0 Å². The Labute approximate surface area is 159 Å². The van der Waals surface area contributed by atoms with E-state index in [1.54, 1.807) is 4.90 Å². The summed E-state index contributed by atoms with van der Waals surface area (Å²) in [5, 5.41) is 0. The van der Waals surface area contributed by atoms with Crippen LogP contribution in [0.4, 0.5) is 0 Å². The Hall–Kier alpha value is -1.71. The number of likely N-dealkylation sites (N-methyl/N-ethyl adjacent to an activating group) is 1. The lowest BCUT2D eigenvalue weighted by Gasteiger charge is -2.36. The van der Waals surface area contributed by atoms with Crippen molar-refractivity contribution < 1.29 is 28.6 Å². The fraction of sp³-hybridized carbons (Fsp3) is 0.833. The van der Waals surface area contributed by atoms with Gasteiger partial charge in [0.05, 0.1) is 13.7 Å². The number of hydrogen-bond acceptors (Lipinski definition) is 7. The van der Waals surface area contributed by atoms with Crippen LogP contribution in [0.25, 0.3) is 0 Å². The first kappa shape index (κ1) is 20.0. The second kappa shape index (κ2) is 8.12. The van der Waals surface area contributed by atoms with Crippen LogP contribution in [-0.2, 0) is 28.6 Å². The molecule has 152 valence electrons. The molecule has 3 aliphatic rings. The molecule has 3 aliphatic heterocycles. The molecule has 3 saturated heterocycles. The van der Waals surface area contributed by atoms with E-state index in [2.05, 4.69) is 4.90 Å². The van der Waals surface area contributed by atoms with E-state index < -0.39 is 30.5 Å². The molecule has 3 fully saturated rings. The Balaban J connectivity index is 1.73. The fourth-order valence-corrected chi connectivity index (χ4v) is 3.80. The monoisotopic (exact) mass is 383 g/mol. The predicted octanol–water partition coefficient (Wildman–Crippen LogP) is -0.700. The summed E-state index contributed by atoms with van der Waals surface area (Å²) in [6.45, 7) is 6.84. The molecule has 0 spiro atoms. The van der Waals surface area contributed by atoms with Gasteiger partial charge in [-0.15, -0.1) is 0 Å². The van der Waals surface area contributed by atoms with Crippen molar-refractivity contribution in [3.8, 4) is 0 Å². The van der Waals surface area contributed by atoms with Gasteiger partial charge in [-0.05, 0) is 19.4 Å². The van der Waals surface area contributed by atoms with Crippen LogP contribution in [0, 0.1) is 5.92 Å². The van der Waals surface area contributed by atoms with Gasteiger partial charge in [-0.25, -0.2) is 4.79 Å². The molecule has 9 nitrogen and oxygen atoms in total. The molecule has 0 saturated carbocycles. The summed E-state index contributed by atoms with van der Waals surface area (Å²) in [6, 6.07) is -0.697. The third-order valence-electron chi connectivity index (χ3n) is 5.35. The second-order valence-corrected chi connectivity index (χ2v) is 7.83. The Bertz CT molecular complexity index is 590. The molecular formula is C18H29N3O6. The molecule has 4 atom stereocenters. The standard InChI is InChI=1S/C18H29N3O6/c1-11(2)9-12(18(24)25-4)21-10-13-26-14(15(27-13)17(21)23)16(22)20-7-5-19(3)6-8-20/h11-15H,5-10H2,1-4H3/t12-,13-,14+,15-/m0/s1. The van der Waals surface area contributed by atoms with Crippen molar-refractivity contribution in [2.45, 2.75) is 44.8 Å². The molecule has 0 unspecified atom stereocenters. The minimum Gasteiger partial charge on any atom is -0.467 e. The van der Waals surface area contributed by atoms with Crippen LogP contribution in [0.15, 0.2) is 0 Å². The van der Waals surface area contributed by atoms with E-state index in [1.165, 1.54) is 12.0 Å². The summed E-state index contributed by atoms with van der Waals surface area (Å²) >= 11 is 0. The van der Waals surface area contributed by atoms with Crippen LogP contribution in [0.3, 0.4) is 0 Å². The molecule has 3 rings (SSSR count). The van der Waals surface area contributed by atoms with Gasteiger partial charge in [-0.2, -0.15) is 0 Å². The van der Waals surface area contributed by atoms with Crippen molar-refractivity contribution in [1.29, 1.82) is 0 Å². The van der Waals surface area contributed by atoms with Crippen molar-refractivity contribution in [2.24, 2.45) is 5.92 Å². The van der Waals surface area contributed by atoms with Crippen molar-refractivity contribution in [1.82, 2.24) is 14.7 Å². The number of carbonyl (C=O) groups excluding carboxylic acids is 3. The van der Waals surface area contributed by atoms with E-state index in [0.29, 0.717) is 19.5 Å². The number of piperazine rings is 1. The zero-order valence-corrected chi connectivity index (χ0v) is 16.4. The number of fused-ring (bicyclic) bond motifs is 2. The van der Waals surface area contributed by atoms with E-state index >= 15 is 0 Å². The first-order chi connectivity index (χ1) is 12.8. The third kappa shape index (κ3) is 4.09. The Morgan fingerprint density at radius 2 is 1.85 bits per heavy atom. The average molecular weight is 383 g/mol. The minimum absolute atomic E-state index is 0.119. The van der Waals surface area contributed by atoms with E-state index in [9.17, 15) is 14.4 Å². The molecule has 3 heterocycles. The van der Waals surface area contributed by atoms with Crippen LogP contribution in [-0.4, -0.2) is 104 Å². The lowest BCUT2D eigenvalue weighted by molar-refractivity contribution is -0.174. The highest BCUT2D eigenvalue weighted by Crippen LogP contribution is 2.31. The average Bonchev–Trinajstić information content (AvgIpc) is 3.01. The van der Waals surface area contributed by atoms with E-state index in [1.807, 2.05) is 20.9 Å². The number of morpholine rings is 1. The van der Waals surface area contributed by atoms with Crippen molar-refractivity contribution in [3.05, 3.63) is 0 Å². The van der Waals surface area contributed by atoms with Crippen molar-refractivity contribution in [3.63, 3.8) is 0 Å². The lowest BCUT2D eigenvalue weighted by Crippen LogP contribution is -2.58. The maximum Gasteiger partial charge on any atom is 0.328 e. The molecule has 2 amide bonds. The lowest BCUT2D eigenvalue weighted by atomic mass is 10.0. The minimum atomic E-state index is -1.00. The van der Waals surface area contributed by atoms with Gasteiger partial charge in [0.1, 0.15) is 6.04 Å². The molecule has 0 aromatic rings. The normalized spacial score (nSPS) is 30.0. The molecule has 27 heavy (non-hydrogen) atoms. The number of amides is 2. The number of ether oxygens (including phenoxy) is 3. The summed E-state index contributed by atoms with van der Waals surface area (Å²) in [4.78, 5) is 43.5. The first-order valence-electron chi connectivity index (χ1n) is 9.48. The molecule has 0 aromatic heterocycles. The van der Waals surface area contributed by atoms with Crippen LogP contribution < -0.4 is 0 Å². The maximum atomic E-state index is 13.0. The highest BCUT2D eigenvalue weighted by molar-refractivity contribution is 5.94. The summed E-state index contributed by atoms with van der Waals surface area (Å²) in [6.07, 6.45) is -2.17. The van der Waals surface area contributed by atoms with Gasteiger partial charge in [-0.1, -0.05) is 13.8 Å². The number of carbonyl (C=O) groups is 3. The van der Waals surface area contributed by atoms with E-state index in [4.69, 9.17) is 14.2 Å². The number of methoxy groups -OCH3 is 1. The van der Waals surface area contributed by atoms with Crippen LogP contribution in [0.5, 0.6) is 0 Å².